The first-order chi connectivity index (χ1) is 5.79. The predicted octanol–water partition coefficient (Wildman–Crippen LogP) is 1.98. The first-order valence-electron chi connectivity index (χ1n) is 3.73. The molecule has 0 radical (unpaired) electrons. The fourth-order valence-corrected chi connectivity index (χ4v) is 0.779. The Bertz CT molecular complexity index is 279. The number of nitrogens with two attached hydrogens (primary N) is 2. The zero-order chi connectivity index (χ0) is 8.81. The molecular formula is C10H12N2. The summed E-state index contributed by atoms with van der Waals surface area (Å²) in [4.78, 5) is 0. The minimum Gasteiger partial charge on any atom is -0.399 e. The Morgan fingerprint density at radius 3 is 1.50 bits per heavy atom. The van der Waals surface area contributed by atoms with Crippen molar-refractivity contribution in [3.63, 3.8) is 0 Å². The van der Waals surface area contributed by atoms with Crippen LogP contribution in [0, 0.1) is 0 Å². The lowest BCUT2D eigenvalue weighted by molar-refractivity contribution is 1.68. The molecule has 0 aromatic heterocycles. The summed E-state index contributed by atoms with van der Waals surface area (Å²) in [6, 6.07) is 14.7. The molecule has 0 bridgehead atoms. The normalized spacial score (nSPS) is 8.67. The van der Waals surface area contributed by atoms with Crippen LogP contribution < -0.4 is 11.5 Å². The fraction of sp³-hybridized carbons (Fsp3) is 0. The number of hydrogen-bond acceptors (Lipinski definition) is 2. The maximum Gasteiger partial charge on any atom is 0.0313 e. The number of nitrogen functional groups attached to an aromatic ring is 2. The van der Waals surface area contributed by atoms with Crippen molar-refractivity contribution in [2.24, 2.45) is 0 Å². The third-order valence-corrected chi connectivity index (χ3v) is 1.38. The summed E-state index contributed by atoms with van der Waals surface area (Å²) in [6.07, 6.45) is 0. The second-order valence-electron chi connectivity index (χ2n) is 2.44. The smallest absolute Gasteiger partial charge is 0.0313 e. The molecule has 1 rings (SSSR count). The Labute approximate surface area is 72.2 Å². The fourth-order valence-electron chi connectivity index (χ4n) is 0.779. The van der Waals surface area contributed by atoms with E-state index < -0.39 is 0 Å². The van der Waals surface area contributed by atoms with E-state index in [1.165, 1.54) is 0 Å². The molecule has 2 heteroatoms. The Hall–Kier alpha value is -1.70. The highest BCUT2D eigenvalue weighted by Gasteiger charge is 1.74. The van der Waals surface area contributed by atoms with Gasteiger partial charge in [-0.1, -0.05) is 24.3 Å². The van der Waals surface area contributed by atoms with Crippen LogP contribution in [0.4, 0.5) is 11.4 Å². The molecule has 4 N–H and O–H groups in total. The minimum absolute atomic E-state index is 0.714. The molecule has 0 saturated carbocycles. The summed E-state index contributed by atoms with van der Waals surface area (Å²) in [5.74, 6) is 0. The van der Waals surface area contributed by atoms with Crippen molar-refractivity contribution in [2.75, 3.05) is 11.5 Å². The summed E-state index contributed by atoms with van der Waals surface area (Å²) in [7, 11) is 0. The molecule has 62 valence electrons. The van der Waals surface area contributed by atoms with Gasteiger partial charge in [0.15, 0.2) is 0 Å². The van der Waals surface area contributed by atoms with E-state index >= 15 is 0 Å². The third-order valence-electron chi connectivity index (χ3n) is 1.38. The molecule has 0 aliphatic rings. The van der Waals surface area contributed by atoms with Crippen molar-refractivity contribution < 1.29 is 0 Å². The number of hydrogen-bond donors (Lipinski definition) is 2. The lowest BCUT2D eigenvalue weighted by Crippen LogP contribution is -1.80. The van der Waals surface area contributed by atoms with Crippen LogP contribution in [0.1, 0.15) is 0 Å². The highest BCUT2D eigenvalue weighted by Crippen LogP contribution is 1.98. The highest BCUT2D eigenvalue weighted by molar-refractivity contribution is 5.39. The molecule has 0 spiro atoms. The number of anilines is 2. The van der Waals surface area contributed by atoms with Crippen LogP contribution in [0.3, 0.4) is 0 Å². The third kappa shape index (κ3) is 2.92. The Balaban J connectivity index is 3.19. The maximum absolute atomic E-state index is 5.60. The van der Waals surface area contributed by atoms with Gasteiger partial charge in [-0.3, -0.25) is 0 Å². The second kappa shape index (κ2) is 4.23. The Kier molecular flexibility index (Phi) is 2.96. The van der Waals surface area contributed by atoms with Crippen molar-refractivity contribution in [3.05, 3.63) is 48.5 Å². The van der Waals surface area contributed by atoms with E-state index in [2.05, 4.69) is 0 Å². The van der Waals surface area contributed by atoms with Gasteiger partial charge in [0.1, 0.15) is 0 Å². The van der Waals surface area contributed by atoms with Gasteiger partial charge in [-0.05, 0) is 24.3 Å². The van der Waals surface area contributed by atoms with Gasteiger partial charge in [0.2, 0.25) is 0 Å². The van der Waals surface area contributed by atoms with Gasteiger partial charge in [0.05, 0.1) is 0 Å². The monoisotopic (exact) mass is 160 g/mol. The minimum atomic E-state index is 0.714. The molecule has 0 aliphatic carbocycles. The summed E-state index contributed by atoms with van der Waals surface area (Å²) in [6.45, 7) is 0. The van der Waals surface area contributed by atoms with E-state index in [-0.39, 0.29) is 0 Å². The molecular weight excluding hydrogens is 148 g/mol. The van der Waals surface area contributed by atoms with E-state index in [1.54, 1.807) is 12.1 Å². The summed E-state index contributed by atoms with van der Waals surface area (Å²) in [5.41, 5.74) is 12.6. The van der Waals surface area contributed by atoms with Crippen molar-refractivity contribution >= 4 is 11.4 Å². The average Bonchev–Trinajstić information content (AvgIpc) is 2.04. The molecule has 0 saturated heterocycles. The van der Waals surface area contributed by atoms with E-state index in [0.717, 1.165) is 0 Å². The van der Waals surface area contributed by atoms with Crippen molar-refractivity contribution in [1.82, 2.24) is 0 Å². The zero-order valence-corrected chi connectivity index (χ0v) is 6.77. The van der Waals surface area contributed by atoms with Crippen molar-refractivity contribution in [3.8, 4) is 0 Å². The van der Waals surface area contributed by atoms with E-state index in [1.807, 2.05) is 36.4 Å². The molecule has 0 aliphatic heterocycles. The molecule has 1 aromatic carbocycles. The lowest BCUT2D eigenvalue weighted by atomic mass is 10.3. The van der Waals surface area contributed by atoms with Crippen LogP contribution in [-0.2, 0) is 0 Å². The average molecular weight is 160 g/mol. The molecule has 1 aromatic rings. The van der Waals surface area contributed by atoms with Gasteiger partial charge < -0.3 is 11.5 Å². The molecule has 12 heavy (non-hydrogen) atoms. The molecule has 0 fully saturated rings. The molecule has 0 heterocycles. The van der Waals surface area contributed by atoms with Gasteiger partial charge >= 0.3 is 0 Å². The predicted molar refractivity (Wildman–Crippen MR) is 52.9 cm³/mol. The van der Waals surface area contributed by atoms with Gasteiger partial charge in [0, 0.05) is 11.4 Å². The van der Waals surface area contributed by atoms with Crippen LogP contribution in [0.5, 0.6) is 0 Å². The Morgan fingerprint density at radius 1 is 0.583 bits per heavy atom. The summed E-state index contributed by atoms with van der Waals surface area (Å²) in [5, 5.41) is 0. The molecule has 0 atom stereocenters. The lowest BCUT2D eigenvalue weighted by Gasteiger charge is -1.85. The first kappa shape index (κ1) is 8.40. The van der Waals surface area contributed by atoms with Crippen LogP contribution in [0.25, 0.3) is 0 Å². The summed E-state index contributed by atoms with van der Waals surface area (Å²) >= 11 is 0. The van der Waals surface area contributed by atoms with Crippen LogP contribution in [-0.4, -0.2) is 0 Å². The van der Waals surface area contributed by atoms with E-state index in [4.69, 9.17) is 11.5 Å². The number of rotatable bonds is 0. The summed E-state index contributed by atoms with van der Waals surface area (Å²) < 4.78 is 0. The van der Waals surface area contributed by atoms with E-state index in [9.17, 15) is 0 Å². The van der Waals surface area contributed by atoms with Crippen LogP contribution in [0.2, 0.25) is 0 Å². The van der Waals surface area contributed by atoms with Crippen LogP contribution >= 0.6 is 0 Å². The topological polar surface area (TPSA) is 52.0 Å². The molecule has 0 unspecified atom stereocenters. The molecule has 2 nitrogen and oxygen atoms in total. The first-order valence-corrected chi connectivity index (χ1v) is 3.73. The van der Waals surface area contributed by atoms with Crippen LogP contribution in [0.15, 0.2) is 48.5 Å². The Morgan fingerprint density at radius 2 is 1.00 bits per heavy atom. The van der Waals surface area contributed by atoms with Crippen molar-refractivity contribution in [2.45, 2.75) is 0 Å². The van der Waals surface area contributed by atoms with Gasteiger partial charge in [-0.25, -0.2) is 0 Å². The maximum atomic E-state index is 5.60. The van der Waals surface area contributed by atoms with Crippen molar-refractivity contribution in [1.29, 1.82) is 0 Å². The quantitative estimate of drug-likeness (QED) is 0.609. The van der Waals surface area contributed by atoms with Gasteiger partial charge in [-0.2, -0.15) is 0 Å². The van der Waals surface area contributed by atoms with Gasteiger partial charge in [0.25, 0.3) is 0 Å². The van der Waals surface area contributed by atoms with E-state index in [0.29, 0.717) is 11.4 Å². The van der Waals surface area contributed by atoms with Gasteiger partial charge in [-0.15, -0.1) is 0 Å². The highest BCUT2D eigenvalue weighted by atomic mass is 14.5. The SMILES string of the molecule is Nc1cccccc(N)ccc1. The zero-order valence-electron chi connectivity index (χ0n) is 6.77. The largest absolute Gasteiger partial charge is 0.399 e. The standard InChI is InChI=1S/C10H12N2/c11-9-5-2-1-3-6-10(12)8-4-7-9/h1-8H,11-12H2. The second-order valence-corrected chi connectivity index (χ2v) is 2.44. The molecule has 0 amide bonds.